The third kappa shape index (κ3) is 3.43. The fraction of sp³-hybridized carbons (Fsp3) is 0.462. The molecule has 6 nitrogen and oxygen atoms in total. The summed E-state index contributed by atoms with van der Waals surface area (Å²) in [6.07, 6.45) is 1.86. The maximum atomic E-state index is 11.1. The van der Waals surface area contributed by atoms with E-state index in [1.165, 1.54) is 12.1 Å². The molecule has 1 N–H and O–H groups in total. The van der Waals surface area contributed by atoms with Gasteiger partial charge < -0.3 is 9.84 Å². The number of aromatic carboxylic acids is 1. The summed E-state index contributed by atoms with van der Waals surface area (Å²) in [5.41, 5.74) is -0.291. The van der Waals surface area contributed by atoms with Crippen molar-refractivity contribution in [3.63, 3.8) is 0 Å². The van der Waals surface area contributed by atoms with E-state index in [4.69, 9.17) is 9.84 Å². The largest absolute Gasteiger partial charge is 0.493 e. The average molecular weight is 267 g/mol. The molecule has 0 fully saturated rings. The molecule has 0 saturated heterocycles. The average Bonchev–Trinajstić information content (AvgIpc) is 2.36. The highest BCUT2D eigenvalue weighted by molar-refractivity contribution is 5.93. The van der Waals surface area contributed by atoms with Gasteiger partial charge in [-0.05, 0) is 25.0 Å². The first kappa shape index (κ1) is 14.9. The molecule has 0 unspecified atom stereocenters. The van der Waals surface area contributed by atoms with Gasteiger partial charge in [0.25, 0.3) is 5.69 Å². The predicted molar refractivity (Wildman–Crippen MR) is 69.8 cm³/mol. The lowest BCUT2D eigenvalue weighted by Gasteiger charge is -2.12. The van der Waals surface area contributed by atoms with Crippen LogP contribution >= 0.6 is 0 Å². The van der Waals surface area contributed by atoms with Gasteiger partial charge in [-0.15, -0.1) is 0 Å². The maximum absolute atomic E-state index is 11.1. The van der Waals surface area contributed by atoms with Crippen LogP contribution in [-0.2, 0) is 6.42 Å². The Bertz CT molecular complexity index is 484. The van der Waals surface area contributed by atoms with Gasteiger partial charge in [0, 0.05) is 0 Å². The van der Waals surface area contributed by atoms with Crippen LogP contribution < -0.4 is 4.74 Å². The smallest absolute Gasteiger partial charge is 0.342 e. The molecule has 0 aliphatic heterocycles. The van der Waals surface area contributed by atoms with Crippen molar-refractivity contribution < 1.29 is 19.6 Å². The second-order valence-electron chi connectivity index (χ2n) is 4.10. The van der Waals surface area contributed by atoms with E-state index >= 15 is 0 Å². The van der Waals surface area contributed by atoms with Crippen LogP contribution in [0.2, 0.25) is 0 Å². The van der Waals surface area contributed by atoms with E-state index in [1.807, 2.05) is 13.8 Å². The first-order valence-corrected chi connectivity index (χ1v) is 6.19. The Labute approximate surface area is 111 Å². The van der Waals surface area contributed by atoms with Gasteiger partial charge in [-0.3, -0.25) is 10.1 Å². The lowest BCUT2D eigenvalue weighted by Crippen LogP contribution is -2.08. The molecule has 0 aliphatic rings. The van der Waals surface area contributed by atoms with Crippen LogP contribution in [0.25, 0.3) is 0 Å². The van der Waals surface area contributed by atoms with Gasteiger partial charge in [-0.2, -0.15) is 0 Å². The monoisotopic (exact) mass is 267 g/mol. The standard InChI is InChI=1S/C13H17NO5/c1-3-5-9-11(19-8-4-2)7-6-10(13(15)16)12(9)14(17)18/h6-7H,3-5,8H2,1-2H3,(H,15,16). The number of rotatable bonds is 7. The van der Waals surface area contributed by atoms with Crippen LogP contribution in [0.3, 0.4) is 0 Å². The van der Waals surface area contributed by atoms with Crippen molar-refractivity contribution in [3.8, 4) is 5.75 Å². The number of nitro benzene ring substituents is 1. The Morgan fingerprint density at radius 3 is 2.53 bits per heavy atom. The minimum Gasteiger partial charge on any atom is -0.493 e. The number of carbonyl (C=O) groups is 1. The highest BCUT2D eigenvalue weighted by Gasteiger charge is 2.27. The van der Waals surface area contributed by atoms with E-state index in [2.05, 4.69) is 0 Å². The topological polar surface area (TPSA) is 89.7 Å². The molecule has 6 heteroatoms. The normalized spacial score (nSPS) is 10.2. The highest BCUT2D eigenvalue weighted by atomic mass is 16.6. The van der Waals surface area contributed by atoms with Crippen LogP contribution in [0.4, 0.5) is 5.69 Å². The van der Waals surface area contributed by atoms with Crippen LogP contribution in [0, 0.1) is 10.1 Å². The Kier molecular flexibility index (Phi) is 5.29. The lowest BCUT2D eigenvalue weighted by molar-refractivity contribution is -0.386. The van der Waals surface area contributed by atoms with Crippen molar-refractivity contribution in [2.75, 3.05) is 6.61 Å². The lowest BCUT2D eigenvalue weighted by atomic mass is 10.0. The van der Waals surface area contributed by atoms with Crippen molar-refractivity contribution in [3.05, 3.63) is 33.4 Å². The molecule has 0 bridgehead atoms. The van der Waals surface area contributed by atoms with Crippen molar-refractivity contribution in [1.82, 2.24) is 0 Å². The zero-order chi connectivity index (χ0) is 14.4. The molecule has 0 aromatic heterocycles. The van der Waals surface area contributed by atoms with Crippen molar-refractivity contribution >= 4 is 11.7 Å². The zero-order valence-corrected chi connectivity index (χ0v) is 11.0. The summed E-state index contributed by atoms with van der Waals surface area (Å²) in [6.45, 7) is 4.25. The van der Waals surface area contributed by atoms with Gasteiger partial charge in [0.1, 0.15) is 11.3 Å². The number of ether oxygens (including phenoxy) is 1. The van der Waals surface area contributed by atoms with Crippen LogP contribution in [0.1, 0.15) is 42.6 Å². The number of hydrogen-bond acceptors (Lipinski definition) is 4. The molecule has 0 radical (unpaired) electrons. The number of nitro groups is 1. The number of carboxylic acids is 1. The summed E-state index contributed by atoms with van der Waals surface area (Å²) in [5, 5.41) is 20.2. The molecule has 0 atom stereocenters. The summed E-state index contributed by atoms with van der Waals surface area (Å²) in [7, 11) is 0. The molecule has 1 rings (SSSR count). The molecular formula is C13H17NO5. The first-order valence-electron chi connectivity index (χ1n) is 6.19. The third-order valence-corrected chi connectivity index (χ3v) is 2.61. The van der Waals surface area contributed by atoms with Gasteiger partial charge >= 0.3 is 5.97 Å². The summed E-state index contributed by atoms with van der Waals surface area (Å²) in [6, 6.07) is 2.72. The SMILES string of the molecule is CCCOc1ccc(C(=O)O)c([N+](=O)[O-])c1CCC. The summed E-state index contributed by atoms with van der Waals surface area (Å²) < 4.78 is 5.47. The van der Waals surface area contributed by atoms with Crippen LogP contribution in [0.5, 0.6) is 5.75 Å². The molecule has 19 heavy (non-hydrogen) atoms. The van der Waals surface area contributed by atoms with Crippen molar-refractivity contribution in [2.24, 2.45) is 0 Å². The highest BCUT2D eigenvalue weighted by Crippen LogP contribution is 2.33. The molecule has 1 aromatic carbocycles. The van der Waals surface area contributed by atoms with Crippen molar-refractivity contribution in [1.29, 1.82) is 0 Å². The zero-order valence-electron chi connectivity index (χ0n) is 11.0. The summed E-state index contributed by atoms with van der Waals surface area (Å²) >= 11 is 0. The molecule has 0 aliphatic carbocycles. The number of benzene rings is 1. The minimum absolute atomic E-state index is 0.294. The van der Waals surface area contributed by atoms with Crippen molar-refractivity contribution in [2.45, 2.75) is 33.1 Å². The van der Waals surface area contributed by atoms with E-state index in [0.29, 0.717) is 30.8 Å². The van der Waals surface area contributed by atoms with E-state index in [-0.39, 0.29) is 11.3 Å². The Balaban J connectivity index is 3.39. The number of nitrogens with zero attached hydrogens (tertiary/aromatic N) is 1. The quantitative estimate of drug-likeness (QED) is 0.605. The Morgan fingerprint density at radius 2 is 2.05 bits per heavy atom. The fourth-order valence-corrected chi connectivity index (χ4v) is 1.84. The van der Waals surface area contributed by atoms with E-state index in [1.54, 1.807) is 0 Å². The van der Waals surface area contributed by atoms with E-state index in [9.17, 15) is 14.9 Å². The van der Waals surface area contributed by atoms with Gasteiger partial charge in [0.15, 0.2) is 0 Å². The minimum atomic E-state index is -1.30. The van der Waals surface area contributed by atoms with Gasteiger partial charge in [-0.1, -0.05) is 20.3 Å². The van der Waals surface area contributed by atoms with Crippen LogP contribution in [-0.4, -0.2) is 22.6 Å². The third-order valence-electron chi connectivity index (χ3n) is 2.61. The second-order valence-corrected chi connectivity index (χ2v) is 4.10. The van der Waals surface area contributed by atoms with Gasteiger partial charge in [-0.25, -0.2) is 4.79 Å². The van der Waals surface area contributed by atoms with Crippen LogP contribution in [0.15, 0.2) is 12.1 Å². The molecule has 0 spiro atoms. The number of hydrogen-bond donors (Lipinski definition) is 1. The van der Waals surface area contributed by atoms with E-state index < -0.39 is 10.9 Å². The van der Waals surface area contributed by atoms with Gasteiger partial charge in [0.05, 0.1) is 17.1 Å². The van der Waals surface area contributed by atoms with Gasteiger partial charge in [0.2, 0.25) is 0 Å². The molecule has 0 heterocycles. The number of carboxylic acid groups (broad SMARTS) is 1. The molecular weight excluding hydrogens is 250 g/mol. The molecule has 0 saturated carbocycles. The van der Waals surface area contributed by atoms with E-state index in [0.717, 1.165) is 6.42 Å². The molecule has 0 amide bonds. The summed E-state index contributed by atoms with van der Waals surface area (Å²) in [5.74, 6) is -0.897. The first-order chi connectivity index (χ1) is 9.02. The molecule has 1 aromatic rings. The molecule has 104 valence electrons. The summed E-state index contributed by atoms with van der Waals surface area (Å²) in [4.78, 5) is 21.6. The second kappa shape index (κ2) is 6.72. The Morgan fingerprint density at radius 1 is 1.37 bits per heavy atom. The predicted octanol–water partition coefficient (Wildman–Crippen LogP) is 3.03. The fourth-order valence-electron chi connectivity index (χ4n) is 1.84. The Hall–Kier alpha value is -2.11. The maximum Gasteiger partial charge on any atom is 0.342 e.